The van der Waals surface area contributed by atoms with Gasteiger partial charge >= 0.3 is 0 Å². The van der Waals surface area contributed by atoms with Crippen molar-refractivity contribution < 1.29 is 0 Å². The second-order valence-electron chi connectivity index (χ2n) is 4.42. The molecule has 0 aliphatic carbocycles. The van der Waals surface area contributed by atoms with Gasteiger partial charge in [0.2, 0.25) is 0 Å². The molecule has 120 valence electrons. The highest BCUT2D eigenvalue weighted by atomic mass is 32.1. The standard InChI is InChI=1S/C11H24N2S.C3H8N2S/c1-4-7-9-13(10-8-5-2)11(14)12-6-3;1-2-5-3(4)6/h4-10H2,1-3H3,(H,12,14);2H2,1H3,(H3,4,5,6). The summed E-state index contributed by atoms with van der Waals surface area (Å²) in [5.41, 5.74) is 5.02. The third kappa shape index (κ3) is 15.4. The summed E-state index contributed by atoms with van der Waals surface area (Å²) >= 11 is 9.78. The zero-order valence-electron chi connectivity index (χ0n) is 13.5. The monoisotopic (exact) mass is 320 g/mol. The Labute approximate surface area is 135 Å². The van der Waals surface area contributed by atoms with Gasteiger partial charge in [-0.3, -0.25) is 0 Å². The lowest BCUT2D eigenvalue weighted by Crippen LogP contribution is -2.40. The Balaban J connectivity index is 0. The topological polar surface area (TPSA) is 53.3 Å². The Kier molecular flexibility index (Phi) is 17.8. The maximum atomic E-state index is 5.32. The summed E-state index contributed by atoms with van der Waals surface area (Å²) in [5, 5.41) is 7.24. The number of unbranched alkanes of at least 4 members (excludes halogenated alkanes) is 2. The molecule has 0 spiro atoms. The molecule has 20 heavy (non-hydrogen) atoms. The average molecular weight is 321 g/mol. The summed E-state index contributed by atoms with van der Waals surface area (Å²) < 4.78 is 0. The zero-order chi connectivity index (χ0) is 15.8. The highest BCUT2D eigenvalue weighted by Gasteiger charge is 2.06. The second kappa shape index (κ2) is 16.4. The Hall–Kier alpha value is -0.620. The van der Waals surface area contributed by atoms with Crippen LogP contribution in [-0.4, -0.2) is 41.3 Å². The van der Waals surface area contributed by atoms with E-state index in [0.717, 1.165) is 31.3 Å². The van der Waals surface area contributed by atoms with E-state index in [-0.39, 0.29) is 0 Å². The van der Waals surface area contributed by atoms with Crippen molar-refractivity contribution in [2.24, 2.45) is 5.73 Å². The maximum absolute atomic E-state index is 5.32. The van der Waals surface area contributed by atoms with E-state index in [0.29, 0.717) is 5.11 Å². The third-order valence-corrected chi connectivity index (χ3v) is 3.08. The molecule has 0 rings (SSSR count). The molecule has 4 N–H and O–H groups in total. The van der Waals surface area contributed by atoms with Gasteiger partial charge < -0.3 is 21.3 Å². The quantitative estimate of drug-likeness (QED) is 0.598. The number of thiocarbonyl (C=S) groups is 2. The number of nitrogens with two attached hydrogens (primary N) is 1. The molecule has 0 saturated carbocycles. The summed E-state index contributed by atoms with van der Waals surface area (Å²) in [6.45, 7) is 12.4. The third-order valence-electron chi connectivity index (χ3n) is 2.53. The van der Waals surface area contributed by atoms with Crippen molar-refractivity contribution in [2.75, 3.05) is 26.2 Å². The summed E-state index contributed by atoms with van der Waals surface area (Å²) in [7, 11) is 0. The molecule has 0 heterocycles. The molecule has 0 aromatic rings. The van der Waals surface area contributed by atoms with Crippen LogP contribution in [0, 0.1) is 0 Å². The van der Waals surface area contributed by atoms with E-state index in [2.05, 4.69) is 48.5 Å². The fourth-order valence-electron chi connectivity index (χ4n) is 1.45. The second-order valence-corrected chi connectivity index (χ2v) is 5.25. The molecule has 4 nitrogen and oxygen atoms in total. The van der Waals surface area contributed by atoms with Crippen molar-refractivity contribution in [3.8, 4) is 0 Å². The van der Waals surface area contributed by atoms with E-state index < -0.39 is 0 Å². The van der Waals surface area contributed by atoms with Gasteiger partial charge in [-0.05, 0) is 51.1 Å². The van der Waals surface area contributed by atoms with Crippen LogP contribution in [-0.2, 0) is 0 Å². The van der Waals surface area contributed by atoms with Crippen molar-refractivity contribution >= 4 is 34.7 Å². The first-order chi connectivity index (χ1) is 9.53. The molecule has 0 aromatic heterocycles. The number of hydrogen-bond donors (Lipinski definition) is 3. The minimum atomic E-state index is 0.373. The van der Waals surface area contributed by atoms with Gasteiger partial charge in [0.15, 0.2) is 10.2 Å². The van der Waals surface area contributed by atoms with Crippen LogP contribution in [0.1, 0.15) is 53.4 Å². The molecule has 0 radical (unpaired) electrons. The summed E-state index contributed by atoms with van der Waals surface area (Å²) in [6.07, 6.45) is 4.93. The largest absolute Gasteiger partial charge is 0.376 e. The lowest BCUT2D eigenvalue weighted by atomic mass is 10.3. The van der Waals surface area contributed by atoms with Gasteiger partial charge in [-0.15, -0.1) is 0 Å². The fourth-order valence-corrected chi connectivity index (χ4v) is 1.92. The van der Waals surface area contributed by atoms with Crippen molar-refractivity contribution in [1.82, 2.24) is 15.5 Å². The molecule has 0 aromatic carbocycles. The van der Waals surface area contributed by atoms with Crippen molar-refractivity contribution in [3.05, 3.63) is 0 Å². The smallest absolute Gasteiger partial charge is 0.168 e. The number of rotatable bonds is 8. The van der Waals surface area contributed by atoms with Gasteiger partial charge in [-0.25, -0.2) is 0 Å². The van der Waals surface area contributed by atoms with Crippen LogP contribution in [0.4, 0.5) is 0 Å². The molecule has 0 fully saturated rings. The SMILES string of the molecule is CCCCN(CCCC)C(=S)NCC.CCNC(N)=S. The molecular formula is C14H32N4S2. The summed E-state index contributed by atoms with van der Waals surface area (Å²) in [5.74, 6) is 0. The lowest BCUT2D eigenvalue weighted by molar-refractivity contribution is 0.393. The average Bonchev–Trinajstić information content (AvgIpc) is 2.39. The Morgan fingerprint density at radius 1 is 0.900 bits per heavy atom. The van der Waals surface area contributed by atoms with E-state index in [1.165, 1.54) is 25.7 Å². The van der Waals surface area contributed by atoms with Crippen LogP contribution in [0.3, 0.4) is 0 Å². The zero-order valence-corrected chi connectivity index (χ0v) is 15.1. The van der Waals surface area contributed by atoms with Crippen LogP contribution in [0.25, 0.3) is 0 Å². The van der Waals surface area contributed by atoms with E-state index in [1.54, 1.807) is 0 Å². The van der Waals surface area contributed by atoms with Crippen LogP contribution >= 0.6 is 24.4 Å². The Morgan fingerprint density at radius 2 is 1.35 bits per heavy atom. The number of nitrogens with one attached hydrogen (secondary N) is 2. The molecule has 6 heteroatoms. The van der Waals surface area contributed by atoms with Gasteiger partial charge in [0, 0.05) is 26.2 Å². The lowest BCUT2D eigenvalue weighted by Gasteiger charge is -2.25. The van der Waals surface area contributed by atoms with E-state index in [9.17, 15) is 0 Å². The van der Waals surface area contributed by atoms with Crippen molar-refractivity contribution in [1.29, 1.82) is 0 Å². The Bertz CT molecular complexity index is 239. The first-order valence-corrected chi connectivity index (χ1v) is 8.41. The summed E-state index contributed by atoms with van der Waals surface area (Å²) in [4.78, 5) is 2.30. The minimum absolute atomic E-state index is 0.373. The number of hydrogen-bond acceptors (Lipinski definition) is 2. The van der Waals surface area contributed by atoms with Gasteiger partial charge in [-0.1, -0.05) is 26.7 Å². The molecule has 0 atom stereocenters. The Morgan fingerprint density at radius 3 is 1.60 bits per heavy atom. The molecular weight excluding hydrogens is 288 g/mol. The molecule has 0 amide bonds. The van der Waals surface area contributed by atoms with Crippen LogP contribution < -0.4 is 16.4 Å². The highest BCUT2D eigenvalue weighted by molar-refractivity contribution is 7.80. The molecule has 0 aliphatic heterocycles. The molecule has 0 unspecified atom stereocenters. The predicted octanol–water partition coefficient (Wildman–Crippen LogP) is 2.62. The van der Waals surface area contributed by atoms with Crippen molar-refractivity contribution in [3.63, 3.8) is 0 Å². The summed E-state index contributed by atoms with van der Waals surface area (Å²) in [6, 6.07) is 0. The molecule has 0 aliphatic rings. The van der Waals surface area contributed by atoms with E-state index in [1.807, 2.05) is 6.92 Å². The van der Waals surface area contributed by atoms with Crippen LogP contribution in [0.15, 0.2) is 0 Å². The fraction of sp³-hybridized carbons (Fsp3) is 0.857. The van der Waals surface area contributed by atoms with Gasteiger partial charge in [0.1, 0.15) is 0 Å². The van der Waals surface area contributed by atoms with Gasteiger partial charge in [-0.2, -0.15) is 0 Å². The van der Waals surface area contributed by atoms with Crippen LogP contribution in [0.5, 0.6) is 0 Å². The normalized spacial score (nSPS) is 9.20. The van der Waals surface area contributed by atoms with Gasteiger partial charge in [0.05, 0.1) is 0 Å². The molecule has 0 bridgehead atoms. The van der Waals surface area contributed by atoms with E-state index >= 15 is 0 Å². The first kappa shape index (κ1) is 21.7. The van der Waals surface area contributed by atoms with Gasteiger partial charge in [0.25, 0.3) is 0 Å². The highest BCUT2D eigenvalue weighted by Crippen LogP contribution is 1.99. The maximum Gasteiger partial charge on any atom is 0.168 e. The number of nitrogens with zero attached hydrogens (tertiary/aromatic N) is 1. The minimum Gasteiger partial charge on any atom is -0.376 e. The van der Waals surface area contributed by atoms with Crippen molar-refractivity contribution in [2.45, 2.75) is 53.4 Å². The van der Waals surface area contributed by atoms with E-state index in [4.69, 9.17) is 18.0 Å². The van der Waals surface area contributed by atoms with Crippen LogP contribution in [0.2, 0.25) is 0 Å². The molecule has 0 saturated heterocycles. The predicted molar refractivity (Wildman–Crippen MR) is 98.1 cm³/mol. The first-order valence-electron chi connectivity index (χ1n) is 7.59.